The Morgan fingerprint density at radius 2 is 2.33 bits per heavy atom. The fourth-order valence-electron chi connectivity index (χ4n) is 2.37. The van der Waals surface area contributed by atoms with Crippen molar-refractivity contribution in [2.75, 3.05) is 18.0 Å². The minimum Gasteiger partial charge on any atom is -0.355 e. The van der Waals surface area contributed by atoms with Gasteiger partial charge in [0, 0.05) is 29.3 Å². The molecule has 0 aliphatic carbocycles. The predicted octanol–water partition coefficient (Wildman–Crippen LogP) is 1.66. The van der Waals surface area contributed by atoms with E-state index in [1.54, 1.807) is 4.90 Å². The third-order valence-corrected chi connectivity index (χ3v) is 4.03. The Balaban J connectivity index is 1.96. The van der Waals surface area contributed by atoms with Crippen LogP contribution in [-0.4, -0.2) is 30.9 Å². The number of carbonyl (C=O) groups is 2. The second-order valence-corrected chi connectivity index (χ2v) is 6.28. The van der Waals surface area contributed by atoms with E-state index in [2.05, 4.69) is 21.2 Å². The summed E-state index contributed by atoms with van der Waals surface area (Å²) in [4.78, 5) is 26.1. The monoisotopic (exact) mass is 353 g/mol. The summed E-state index contributed by atoms with van der Waals surface area (Å²) in [6, 6.07) is 7.58. The van der Waals surface area contributed by atoms with E-state index in [4.69, 9.17) is 5.73 Å². The van der Waals surface area contributed by atoms with Gasteiger partial charge in [0.05, 0.1) is 0 Å². The zero-order chi connectivity index (χ0) is 15.4. The molecule has 2 amide bonds. The lowest BCUT2D eigenvalue weighted by Crippen LogP contribution is -2.38. The molecular formula is C15H20BrN3O2. The van der Waals surface area contributed by atoms with E-state index in [0.29, 0.717) is 25.9 Å². The SMILES string of the molecule is CC(N)CCNC(=O)C1CCN(c2cccc(Br)c2)C1=O. The van der Waals surface area contributed by atoms with Crippen molar-refractivity contribution in [2.45, 2.75) is 25.8 Å². The molecule has 1 fully saturated rings. The molecule has 1 saturated heterocycles. The number of halogens is 1. The van der Waals surface area contributed by atoms with E-state index in [0.717, 1.165) is 10.2 Å². The van der Waals surface area contributed by atoms with Gasteiger partial charge in [-0.25, -0.2) is 0 Å². The van der Waals surface area contributed by atoms with Gasteiger partial charge in [-0.1, -0.05) is 22.0 Å². The third kappa shape index (κ3) is 4.04. The number of nitrogens with zero attached hydrogens (tertiary/aromatic N) is 1. The lowest BCUT2D eigenvalue weighted by atomic mass is 10.1. The highest BCUT2D eigenvalue weighted by atomic mass is 79.9. The first-order chi connectivity index (χ1) is 9.99. The van der Waals surface area contributed by atoms with Crippen molar-refractivity contribution in [1.82, 2.24) is 5.32 Å². The largest absolute Gasteiger partial charge is 0.355 e. The summed E-state index contributed by atoms with van der Waals surface area (Å²) in [6.07, 6.45) is 1.26. The highest BCUT2D eigenvalue weighted by molar-refractivity contribution is 9.10. The van der Waals surface area contributed by atoms with E-state index in [1.807, 2.05) is 31.2 Å². The summed E-state index contributed by atoms with van der Waals surface area (Å²) in [7, 11) is 0. The van der Waals surface area contributed by atoms with Gasteiger partial charge in [-0.05, 0) is 38.0 Å². The minimum absolute atomic E-state index is 0.0442. The first-order valence-electron chi connectivity index (χ1n) is 7.09. The van der Waals surface area contributed by atoms with Crippen molar-refractivity contribution in [3.8, 4) is 0 Å². The van der Waals surface area contributed by atoms with Crippen LogP contribution >= 0.6 is 15.9 Å². The van der Waals surface area contributed by atoms with Crippen molar-refractivity contribution < 1.29 is 9.59 Å². The van der Waals surface area contributed by atoms with Crippen LogP contribution in [0, 0.1) is 5.92 Å². The molecule has 2 atom stereocenters. The molecule has 1 aromatic rings. The average molecular weight is 354 g/mol. The highest BCUT2D eigenvalue weighted by Gasteiger charge is 2.37. The standard InChI is InChI=1S/C15H20BrN3O2/c1-10(17)5-7-18-14(20)13-6-8-19(15(13)21)12-4-2-3-11(16)9-12/h2-4,9-10,13H,5-8,17H2,1H3,(H,18,20). The molecule has 2 unspecified atom stereocenters. The topological polar surface area (TPSA) is 75.4 Å². The van der Waals surface area contributed by atoms with Gasteiger partial charge in [0.25, 0.3) is 0 Å². The van der Waals surface area contributed by atoms with Gasteiger partial charge in [0.1, 0.15) is 5.92 Å². The Hall–Kier alpha value is -1.40. The second-order valence-electron chi connectivity index (χ2n) is 5.37. The Bertz CT molecular complexity index is 533. The average Bonchev–Trinajstić information content (AvgIpc) is 2.80. The lowest BCUT2D eigenvalue weighted by Gasteiger charge is -2.17. The summed E-state index contributed by atoms with van der Waals surface area (Å²) in [5.74, 6) is -0.915. The fraction of sp³-hybridized carbons (Fsp3) is 0.467. The van der Waals surface area contributed by atoms with Gasteiger partial charge in [-0.2, -0.15) is 0 Å². The number of nitrogens with one attached hydrogen (secondary N) is 1. The predicted molar refractivity (Wildman–Crippen MR) is 85.9 cm³/mol. The Morgan fingerprint density at radius 3 is 3.00 bits per heavy atom. The molecule has 21 heavy (non-hydrogen) atoms. The van der Waals surface area contributed by atoms with Crippen LogP contribution in [0.3, 0.4) is 0 Å². The van der Waals surface area contributed by atoms with Crippen molar-refractivity contribution in [3.63, 3.8) is 0 Å². The van der Waals surface area contributed by atoms with Crippen LogP contribution < -0.4 is 16.0 Å². The van der Waals surface area contributed by atoms with Crippen LogP contribution in [0.2, 0.25) is 0 Å². The van der Waals surface area contributed by atoms with E-state index in [1.165, 1.54) is 0 Å². The molecule has 0 saturated carbocycles. The molecular weight excluding hydrogens is 334 g/mol. The Labute approximate surface area is 133 Å². The zero-order valence-electron chi connectivity index (χ0n) is 12.0. The van der Waals surface area contributed by atoms with Crippen LogP contribution in [0.25, 0.3) is 0 Å². The zero-order valence-corrected chi connectivity index (χ0v) is 13.6. The van der Waals surface area contributed by atoms with Gasteiger partial charge >= 0.3 is 0 Å². The summed E-state index contributed by atoms with van der Waals surface area (Å²) >= 11 is 3.39. The van der Waals surface area contributed by atoms with Crippen LogP contribution in [0.5, 0.6) is 0 Å². The molecule has 1 heterocycles. The first-order valence-corrected chi connectivity index (χ1v) is 7.88. The van der Waals surface area contributed by atoms with Crippen LogP contribution in [0.1, 0.15) is 19.8 Å². The van der Waals surface area contributed by atoms with Crippen LogP contribution in [0.4, 0.5) is 5.69 Å². The van der Waals surface area contributed by atoms with Crippen LogP contribution in [0.15, 0.2) is 28.7 Å². The molecule has 1 aliphatic rings. The Kier molecular flexibility index (Phi) is 5.36. The van der Waals surface area contributed by atoms with Crippen molar-refractivity contribution in [2.24, 2.45) is 11.7 Å². The maximum Gasteiger partial charge on any atom is 0.239 e. The first kappa shape index (κ1) is 16.0. The van der Waals surface area contributed by atoms with Crippen molar-refractivity contribution in [3.05, 3.63) is 28.7 Å². The molecule has 1 aromatic carbocycles. The van der Waals surface area contributed by atoms with Gasteiger partial charge in [0.15, 0.2) is 0 Å². The number of carbonyl (C=O) groups excluding carboxylic acids is 2. The second kappa shape index (κ2) is 7.04. The molecule has 2 rings (SSSR count). The fourth-order valence-corrected chi connectivity index (χ4v) is 2.76. The molecule has 0 bridgehead atoms. The molecule has 0 spiro atoms. The number of amides is 2. The van der Waals surface area contributed by atoms with E-state index >= 15 is 0 Å². The number of nitrogens with two attached hydrogens (primary N) is 1. The molecule has 1 aliphatic heterocycles. The smallest absolute Gasteiger partial charge is 0.239 e. The van der Waals surface area contributed by atoms with Gasteiger partial charge < -0.3 is 16.0 Å². The number of hydrogen-bond acceptors (Lipinski definition) is 3. The maximum atomic E-state index is 12.4. The number of hydrogen-bond donors (Lipinski definition) is 2. The summed E-state index contributed by atoms with van der Waals surface area (Å²) in [5.41, 5.74) is 6.46. The van der Waals surface area contributed by atoms with E-state index in [9.17, 15) is 9.59 Å². The van der Waals surface area contributed by atoms with Gasteiger partial charge in [-0.15, -0.1) is 0 Å². The molecule has 114 valence electrons. The molecule has 3 N–H and O–H groups in total. The van der Waals surface area contributed by atoms with Crippen LogP contribution in [-0.2, 0) is 9.59 Å². The summed E-state index contributed by atoms with van der Waals surface area (Å²) < 4.78 is 0.914. The Morgan fingerprint density at radius 1 is 1.57 bits per heavy atom. The minimum atomic E-state index is -0.586. The number of anilines is 1. The number of rotatable bonds is 5. The molecule has 0 radical (unpaired) electrons. The van der Waals surface area contributed by atoms with Gasteiger partial charge in [0.2, 0.25) is 11.8 Å². The summed E-state index contributed by atoms with van der Waals surface area (Å²) in [6.45, 7) is 2.97. The lowest BCUT2D eigenvalue weighted by molar-refractivity contribution is -0.132. The highest BCUT2D eigenvalue weighted by Crippen LogP contribution is 2.27. The van der Waals surface area contributed by atoms with Crippen molar-refractivity contribution >= 4 is 33.4 Å². The normalized spacial score (nSPS) is 19.7. The summed E-state index contributed by atoms with van der Waals surface area (Å²) in [5, 5.41) is 2.79. The maximum absolute atomic E-state index is 12.4. The van der Waals surface area contributed by atoms with Gasteiger partial charge in [-0.3, -0.25) is 9.59 Å². The quantitative estimate of drug-likeness (QED) is 0.790. The van der Waals surface area contributed by atoms with E-state index in [-0.39, 0.29) is 17.9 Å². The third-order valence-electron chi connectivity index (χ3n) is 3.54. The molecule has 5 nitrogen and oxygen atoms in total. The molecule has 6 heteroatoms. The van der Waals surface area contributed by atoms with Crippen molar-refractivity contribution in [1.29, 1.82) is 0 Å². The molecule has 0 aromatic heterocycles. The number of benzene rings is 1. The van der Waals surface area contributed by atoms with E-state index < -0.39 is 5.92 Å².